The molecule has 1 aliphatic heterocycles. The minimum absolute atomic E-state index is 0.0439. The van der Waals surface area contributed by atoms with Crippen molar-refractivity contribution in [3.63, 3.8) is 0 Å². The summed E-state index contributed by atoms with van der Waals surface area (Å²) in [6.07, 6.45) is 7.65. The van der Waals surface area contributed by atoms with Gasteiger partial charge in [0.25, 0.3) is 15.9 Å². The highest BCUT2D eigenvalue weighted by Crippen LogP contribution is 2.30. The first-order valence-electron chi connectivity index (χ1n) is 12.8. The SMILES string of the molecule is COc1ccc(S(=O)(=O)Nc2cccc(C(=O)N3CCCN(CC4CCCCC4)CC3)c2)cc1OC. The van der Waals surface area contributed by atoms with Crippen LogP contribution in [0, 0.1) is 5.92 Å². The smallest absolute Gasteiger partial charge is 0.262 e. The van der Waals surface area contributed by atoms with Crippen LogP contribution in [0.25, 0.3) is 0 Å². The van der Waals surface area contributed by atoms with Crippen LogP contribution in [0.5, 0.6) is 11.5 Å². The van der Waals surface area contributed by atoms with Gasteiger partial charge in [0.15, 0.2) is 11.5 Å². The fourth-order valence-electron chi connectivity index (χ4n) is 5.19. The van der Waals surface area contributed by atoms with Gasteiger partial charge in [0, 0.05) is 43.5 Å². The van der Waals surface area contributed by atoms with E-state index in [9.17, 15) is 13.2 Å². The van der Waals surface area contributed by atoms with E-state index in [2.05, 4.69) is 9.62 Å². The first-order valence-corrected chi connectivity index (χ1v) is 14.2. The van der Waals surface area contributed by atoms with Gasteiger partial charge in [-0.3, -0.25) is 9.52 Å². The molecule has 8 nitrogen and oxygen atoms in total. The zero-order valence-electron chi connectivity index (χ0n) is 21.2. The van der Waals surface area contributed by atoms with Crippen molar-refractivity contribution < 1.29 is 22.7 Å². The quantitative estimate of drug-likeness (QED) is 0.566. The van der Waals surface area contributed by atoms with Crippen molar-refractivity contribution in [3.8, 4) is 11.5 Å². The molecule has 2 aromatic rings. The van der Waals surface area contributed by atoms with Crippen molar-refractivity contribution in [1.29, 1.82) is 0 Å². The second kappa shape index (κ2) is 12.0. The second-order valence-corrected chi connectivity index (χ2v) is 11.3. The van der Waals surface area contributed by atoms with Crippen LogP contribution < -0.4 is 14.2 Å². The lowest BCUT2D eigenvalue weighted by atomic mass is 9.89. The maximum absolute atomic E-state index is 13.3. The molecule has 36 heavy (non-hydrogen) atoms. The predicted molar refractivity (Wildman–Crippen MR) is 140 cm³/mol. The zero-order chi connectivity index (χ0) is 25.5. The Bertz CT molecular complexity index is 1150. The number of rotatable bonds is 8. The van der Waals surface area contributed by atoms with Crippen molar-refractivity contribution in [2.75, 3.05) is 51.7 Å². The Kier molecular flexibility index (Phi) is 8.74. The molecule has 2 aromatic carbocycles. The van der Waals surface area contributed by atoms with E-state index in [1.54, 1.807) is 30.3 Å². The number of benzene rings is 2. The highest BCUT2D eigenvalue weighted by molar-refractivity contribution is 7.92. The first kappa shape index (κ1) is 26.3. The van der Waals surface area contributed by atoms with Gasteiger partial charge in [0.1, 0.15) is 0 Å². The average Bonchev–Trinajstić information content (AvgIpc) is 3.13. The van der Waals surface area contributed by atoms with Crippen molar-refractivity contribution in [2.24, 2.45) is 5.92 Å². The molecule has 0 unspecified atom stereocenters. The Hall–Kier alpha value is -2.78. The van der Waals surface area contributed by atoms with Crippen LogP contribution in [0.15, 0.2) is 47.4 Å². The highest BCUT2D eigenvalue weighted by atomic mass is 32.2. The second-order valence-electron chi connectivity index (χ2n) is 9.65. The number of carbonyl (C=O) groups excluding carboxylic acids is 1. The number of nitrogens with one attached hydrogen (secondary N) is 1. The molecule has 196 valence electrons. The van der Waals surface area contributed by atoms with E-state index in [1.165, 1.54) is 58.5 Å². The fourth-order valence-corrected chi connectivity index (χ4v) is 6.25. The monoisotopic (exact) mass is 515 g/mol. The molecule has 0 atom stereocenters. The molecule has 0 bridgehead atoms. The van der Waals surface area contributed by atoms with E-state index in [1.807, 2.05) is 4.90 Å². The number of amides is 1. The van der Waals surface area contributed by atoms with Crippen LogP contribution in [0.2, 0.25) is 0 Å². The number of nitrogens with zero attached hydrogens (tertiary/aromatic N) is 2. The van der Waals surface area contributed by atoms with Crippen molar-refractivity contribution in [2.45, 2.75) is 43.4 Å². The summed E-state index contributed by atoms with van der Waals surface area (Å²) in [7, 11) is -0.938. The third-order valence-electron chi connectivity index (χ3n) is 7.14. The summed E-state index contributed by atoms with van der Waals surface area (Å²) in [4.78, 5) is 17.7. The molecule has 4 rings (SSSR count). The standard InChI is InChI=1S/C27H37N3O5S/c1-34-25-13-12-24(19-26(25)35-2)36(32,33)28-23-11-6-10-22(18-23)27(31)30-15-7-14-29(16-17-30)20-21-8-4-3-5-9-21/h6,10-13,18-19,21,28H,3-5,7-9,14-17,20H2,1-2H3. The van der Waals surface area contributed by atoms with Gasteiger partial charge in [0.2, 0.25) is 0 Å². The van der Waals surface area contributed by atoms with E-state index in [0.29, 0.717) is 35.8 Å². The molecule has 0 radical (unpaired) electrons. The molecule has 1 aliphatic carbocycles. The third-order valence-corrected chi connectivity index (χ3v) is 8.52. The molecule has 1 saturated heterocycles. The molecule has 1 heterocycles. The minimum atomic E-state index is -3.88. The summed E-state index contributed by atoms with van der Waals surface area (Å²) in [5.74, 6) is 1.49. The summed E-state index contributed by atoms with van der Waals surface area (Å²) in [5, 5.41) is 0. The van der Waals surface area contributed by atoms with Crippen molar-refractivity contribution in [3.05, 3.63) is 48.0 Å². The van der Waals surface area contributed by atoms with E-state index in [0.717, 1.165) is 32.0 Å². The van der Waals surface area contributed by atoms with Crippen LogP contribution in [-0.2, 0) is 10.0 Å². The van der Waals surface area contributed by atoms with Crippen LogP contribution in [0.1, 0.15) is 48.9 Å². The van der Waals surface area contributed by atoms with Gasteiger partial charge in [0.05, 0.1) is 19.1 Å². The largest absolute Gasteiger partial charge is 0.493 e. The summed E-state index contributed by atoms with van der Waals surface area (Å²) in [6, 6.07) is 11.1. The van der Waals surface area contributed by atoms with Crippen LogP contribution in [0.4, 0.5) is 5.69 Å². The number of ether oxygens (including phenoxy) is 2. The average molecular weight is 516 g/mol. The lowest BCUT2D eigenvalue weighted by Gasteiger charge is -2.28. The first-order chi connectivity index (χ1) is 17.4. The number of carbonyl (C=O) groups is 1. The van der Waals surface area contributed by atoms with Gasteiger partial charge in [-0.2, -0.15) is 0 Å². The molecule has 0 aromatic heterocycles. The fraction of sp³-hybridized carbons (Fsp3) is 0.519. The normalized spacial score (nSPS) is 17.9. The topological polar surface area (TPSA) is 88.2 Å². The summed E-state index contributed by atoms with van der Waals surface area (Å²) >= 11 is 0. The van der Waals surface area contributed by atoms with Gasteiger partial charge < -0.3 is 19.3 Å². The third kappa shape index (κ3) is 6.50. The number of anilines is 1. The summed E-state index contributed by atoms with van der Waals surface area (Å²) in [6.45, 7) is 4.43. The molecule has 2 fully saturated rings. The molecule has 2 aliphatic rings. The van der Waals surface area contributed by atoms with E-state index < -0.39 is 10.0 Å². The Morgan fingerprint density at radius 1 is 0.917 bits per heavy atom. The number of methoxy groups -OCH3 is 2. The molecular formula is C27H37N3O5S. The molecule has 1 amide bonds. The Balaban J connectivity index is 1.40. The van der Waals surface area contributed by atoms with E-state index in [4.69, 9.17) is 9.47 Å². The number of hydrogen-bond donors (Lipinski definition) is 1. The Morgan fingerprint density at radius 3 is 2.44 bits per heavy atom. The van der Waals surface area contributed by atoms with Crippen LogP contribution in [0.3, 0.4) is 0 Å². The molecule has 9 heteroatoms. The van der Waals surface area contributed by atoms with Gasteiger partial charge in [-0.05, 0) is 62.1 Å². The Morgan fingerprint density at radius 2 is 1.69 bits per heavy atom. The predicted octanol–water partition coefficient (Wildman–Crippen LogP) is 4.23. The minimum Gasteiger partial charge on any atom is -0.493 e. The van der Waals surface area contributed by atoms with Crippen LogP contribution >= 0.6 is 0 Å². The maximum Gasteiger partial charge on any atom is 0.262 e. The van der Waals surface area contributed by atoms with Crippen molar-refractivity contribution >= 4 is 21.6 Å². The van der Waals surface area contributed by atoms with Gasteiger partial charge in [-0.25, -0.2) is 8.42 Å². The van der Waals surface area contributed by atoms with E-state index >= 15 is 0 Å². The Labute approximate surface area is 214 Å². The van der Waals surface area contributed by atoms with Gasteiger partial charge in [-0.15, -0.1) is 0 Å². The van der Waals surface area contributed by atoms with E-state index in [-0.39, 0.29) is 10.8 Å². The van der Waals surface area contributed by atoms with Crippen LogP contribution in [-0.4, -0.2) is 71.1 Å². The molecule has 0 spiro atoms. The summed E-state index contributed by atoms with van der Waals surface area (Å²) < 4.78 is 39.0. The van der Waals surface area contributed by atoms with Gasteiger partial charge >= 0.3 is 0 Å². The molecular weight excluding hydrogens is 478 g/mol. The lowest BCUT2D eigenvalue weighted by molar-refractivity contribution is 0.0760. The molecule has 1 saturated carbocycles. The molecule has 1 N–H and O–H groups in total. The number of hydrogen-bond acceptors (Lipinski definition) is 6. The zero-order valence-corrected chi connectivity index (χ0v) is 22.1. The van der Waals surface area contributed by atoms with Crippen molar-refractivity contribution in [1.82, 2.24) is 9.80 Å². The lowest BCUT2D eigenvalue weighted by Crippen LogP contribution is -2.37. The van der Waals surface area contributed by atoms with Gasteiger partial charge in [-0.1, -0.05) is 25.3 Å². The maximum atomic E-state index is 13.3. The number of sulfonamides is 1. The highest BCUT2D eigenvalue weighted by Gasteiger charge is 2.24. The summed E-state index contributed by atoms with van der Waals surface area (Å²) in [5.41, 5.74) is 0.813.